The van der Waals surface area contributed by atoms with Crippen LogP contribution in [0.4, 0.5) is 27.7 Å². The lowest BCUT2D eigenvalue weighted by atomic mass is 9.86. The van der Waals surface area contributed by atoms with Crippen molar-refractivity contribution in [3.63, 3.8) is 0 Å². The van der Waals surface area contributed by atoms with Gasteiger partial charge in [0.05, 0.1) is 18.1 Å². The molecule has 0 bridgehead atoms. The van der Waals surface area contributed by atoms with Crippen LogP contribution in [0.3, 0.4) is 0 Å². The van der Waals surface area contributed by atoms with E-state index in [4.69, 9.17) is 11.6 Å². The number of aryl methyl sites for hydroxylation is 2. The largest absolute Gasteiger partial charge is 0.322 e. The molecule has 5 rings (SSSR count). The van der Waals surface area contributed by atoms with Crippen molar-refractivity contribution in [2.75, 3.05) is 43.1 Å². The molecular weight excluding hydrogens is 531 g/mol. The maximum atomic E-state index is 15.2. The third-order valence-electron chi connectivity index (χ3n) is 7.38. The normalized spacial score (nSPS) is 19.7. The highest BCUT2D eigenvalue weighted by Crippen LogP contribution is 2.35. The summed E-state index contributed by atoms with van der Waals surface area (Å²) in [5, 5.41) is 13.3. The van der Waals surface area contributed by atoms with Gasteiger partial charge in [-0.15, -0.1) is 0 Å². The number of hydrogen-bond acceptors (Lipinski definition) is 8. The van der Waals surface area contributed by atoms with Gasteiger partial charge in [-0.3, -0.25) is 10.00 Å². The van der Waals surface area contributed by atoms with Crippen molar-refractivity contribution in [2.24, 2.45) is 0 Å². The number of piperidine rings is 1. The molecule has 0 aliphatic carbocycles. The molecule has 0 amide bonds. The minimum absolute atomic E-state index is 0.211. The number of halogens is 2. The second-order valence-corrected chi connectivity index (χ2v) is 12.5. The third kappa shape index (κ3) is 5.93. The molecule has 2 aliphatic heterocycles. The number of anilines is 4. The summed E-state index contributed by atoms with van der Waals surface area (Å²) in [6, 6.07) is 5.47. The number of aromatic amines is 1. The third-order valence-corrected chi connectivity index (χ3v) is 8.93. The Balaban J connectivity index is 1.24. The number of nitrogens with one attached hydrogen (secondary N) is 3. The van der Waals surface area contributed by atoms with Gasteiger partial charge in [0.1, 0.15) is 10.8 Å². The molecular formula is C25H32ClFN8O2S. The number of nitrogens with zero attached hydrogens (tertiary/aromatic N) is 5. The van der Waals surface area contributed by atoms with Gasteiger partial charge in [-0.1, -0.05) is 11.6 Å². The highest BCUT2D eigenvalue weighted by atomic mass is 35.5. The van der Waals surface area contributed by atoms with Crippen molar-refractivity contribution in [3.8, 4) is 0 Å². The predicted octanol–water partition coefficient (Wildman–Crippen LogP) is 4.31. The van der Waals surface area contributed by atoms with E-state index in [0.29, 0.717) is 35.4 Å². The SMILES string of the molecule is Cc1cc(Nc2nc(Nc3cc(C)c(C4CCN([C@H]5CCN(S(C)(=O)=O)C5)CC4)cc3F)ncc2Cl)n[nH]1. The maximum absolute atomic E-state index is 15.2. The van der Waals surface area contributed by atoms with Gasteiger partial charge in [-0.25, -0.2) is 22.1 Å². The molecule has 2 aliphatic rings. The van der Waals surface area contributed by atoms with Crippen molar-refractivity contribution < 1.29 is 12.8 Å². The number of H-pyrrole nitrogens is 1. The average Bonchev–Trinajstić information content (AvgIpc) is 3.53. The van der Waals surface area contributed by atoms with Crippen molar-refractivity contribution in [1.29, 1.82) is 0 Å². The van der Waals surface area contributed by atoms with Gasteiger partial charge >= 0.3 is 0 Å². The van der Waals surface area contributed by atoms with E-state index in [2.05, 4.69) is 35.7 Å². The van der Waals surface area contributed by atoms with Crippen LogP contribution >= 0.6 is 11.6 Å². The summed E-state index contributed by atoms with van der Waals surface area (Å²) in [6.45, 7) is 6.76. The molecule has 2 fully saturated rings. The second-order valence-electron chi connectivity index (χ2n) is 10.1. The van der Waals surface area contributed by atoms with Crippen LogP contribution in [0.2, 0.25) is 5.02 Å². The number of sulfonamides is 1. The van der Waals surface area contributed by atoms with E-state index in [1.807, 2.05) is 19.9 Å². The predicted molar refractivity (Wildman–Crippen MR) is 146 cm³/mol. The van der Waals surface area contributed by atoms with E-state index in [9.17, 15) is 8.42 Å². The van der Waals surface area contributed by atoms with E-state index < -0.39 is 10.0 Å². The molecule has 0 saturated carbocycles. The summed E-state index contributed by atoms with van der Waals surface area (Å²) in [5.74, 6) is 1.01. The van der Waals surface area contributed by atoms with Crippen LogP contribution in [0.1, 0.15) is 42.0 Å². The van der Waals surface area contributed by atoms with E-state index in [1.165, 1.54) is 12.5 Å². The summed E-state index contributed by atoms with van der Waals surface area (Å²) < 4.78 is 40.5. The molecule has 0 radical (unpaired) electrons. The van der Waals surface area contributed by atoms with Gasteiger partial charge in [0.25, 0.3) is 0 Å². The number of likely N-dealkylation sites (tertiary alicyclic amines) is 1. The maximum Gasteiger partial charge on any atom is 0.229 e. The molecule has 2 saturated heterocycles. The number of rotatable bonds is 7. The minimum atomic E-state index is -3.15. The quantitative estimate of drug-likeness (QED) is 0.390. The van der Waals surface area contributed by atoms with Gasteiger partial charge in [0, 0.05) is 30.9 Å². The molecule has 0 unspecified atom stereocenters. The summed E-state index contributed by atoms with van der Waals surface area (Å²) >= 11 is 6.24. The summed E-state index contributed by atoms with van der Waals surface area (Å²) in [5.41, 5.74) is 3.18. The van der Waals surface area contributed by atoms with Crippen LogP contribution in [0.15, 0.2) is 24.4 Å². The van der Waals surface area contributed by atoms with E-state index >= 15 is 4.39 Å². The van der Waals surface area contributed by atoms with Gasteiger partial charge in [-0.05, 0) is 75.4 Å². The zero-order chi connectivity index (χ0) is 27.0. The molecule has 13 heteroatoms. The molecule has 38 heavy (non-hydrogen) atoms. The lowest BCUT2D eigenvalue weighted by Gasteiger charge is -2.36. The molecule has 3 aromatic rings. The fourth-order valence-electron chi connectivity index (χ4n) is 5.36. The molecule has 204 valence electrons. The first-order chi connectivity index (χ1) is 18.1. The molecule has 1 aromatic carbocycles. The topological polar surface area (TPSA) is 119 Å². The Morgan fingerprint density at radius 2 is 1.87 bits per heavy atom. The molecule has 4 heterocycles. The van der Waals surface area contributed by atoms with Crippen LogP contribution in [-0.2, 0) is 10.0 Å². The van der Waals surface area contributed by atoms with Gasteiger partial charge < -0.3 is 10.6 Å². The van der Waals surface area contributed by atoms with E-state index in [1.54, 1.807) is 16.4 Å². The Morgan fingerprint density at radius 1 is 1.11 bits per heavy atom. The Bertz CT molecular complexity index is 1420. The second kappa shape index (κ2) is 10.8. The van der Waals surface area contributed by atoms with Crippen molar-refractivity contribution >= 4 is 44.9 Å². The number of hydrogen-bond donors (Lipinski definition) is 3. The molecule has 2 aromatic heterocycles. The van der Waals surface area contributed by atoms with Crippen molar-refractivity contribution in [2.45, 2.75) is 45.1 Å². The zero-order valence-electron chi connectivity index (χ0n) is 21.6. The molecule has 1 atom stereocenters. The Kier molecular flexibility index (Phi) is 7.58. The van der Waals surface area contributed by atoms with Crippen LogP contribution in [-0.4, -0.2) is 76.3 Å². The summed E-state index contributed by atoms with van der Waals surface area (Å²) in [4.78, 5) is 11.0. The molecule has 3 N–H and O–H groups in total. The van der Waals surface area contributed by atoms with E-state index in [0.717, 1.165) is 49.2 Å². The van der Waals surface area contributed by atoms with Crippen LogP contribution in [0, 0.1) is 19.7 Å². The van der Waals surface area contributed by atoms with Gasteiger partial charge in [0.15, 0.2) is 11.6 Å². The Morgan fingerprint density at radius 3 is 2.53 bits per heavy atom. The standard InChI is InChI=1S/C25H32ClFN8O2S/c1-15-10-22(29-25-28-13-20(26)24(31-25)30-23-11-16(2)32-33-23)21(27)12-19(15)17-4-7-34(8-5-17)18-6-9-35(14-18)38(3,36)37/h10-13,17-18H,4-9,14H2,1-3H3,(H3,28,29,30,31,32,33)/t18-/m0/s1. The van der Waals surface area contributed by atoms with Crippen LogP contribution < -0.4 is 10.6 Å². The lowest BCUT2D eigenvalue weighted by molar-refractivity contribution is 0.157. The summed E-state index contributed by atoms with van der Waals surface area (Å²) in [7, 11) is -3.15. The monoisotopic (exact) mass is 562 g/mol. The fraction of sp³-hybridized carbons (Fsp3) is 0.480. The Hall–Kier alpha value is -2.80. The molecule has 0 spiro atoms. The van der Waals surface area contributed by atoms with Crippen LogP contribution in [0.5, 0.6) is 0 Å². The lowest BCUT2D eigenvalue weighted by Crippen LogP contribution is -2.43. The van der Waals surface area contributed by atoms with Gasteiger partial charge in [-0.2, -0.15) is 10.1 Å². The number of aromatic nitrogens is 4. The average molecular weight is 563 g/mol. The zero-order valence-corrected chi connectivity index (χ0v) is 23.2. The van der Waals surface area contributed by atoms with Gasteiger partial charge in [0.2, 0.25) is 16.0 Å². The number of benzene rings is 1. The minimum Gasteiger partial charge on any atom is -0.322 e. The highest BCUT2D eigenvalue weighted by molar-refractivity contribution is 7.88. The van der Waals surface area contributed by atoms with Crippen LogP contribution in [0.25, 0.3) is 0 Å². The van der Waals surface area contributed by atoms with Crippen molar-refractivity contribution in [1.82, 2.24) is 29.4 Å². The van der Waals surface area contributed by atoms with E-state index in [-0.39, 0.29) is 23.7 Å². The summed E-state index contributed by atoms with van der Waals surface area (Å²) in [6.07, 6.45) is 5.39. The smallest absolute Gasteiger partial charge is 0.229 e. The highest BCUT2D eigenvalue weighted by Gasteiger charge is 2.34. The first kappa shape index (κ1) is 26.8. The Labute approximate surface area is 227 Å². The fourth-order valence-corrected chi connectivity index (χ4v) is 6.38. The first-order valence-electron chi connectivity index (χ1n) is 12.6. The molecule has 10 nitrogen and oxygen atoms in total. The van der Waals surface area contributed by atoms with Crippen molar-refractivity contribution in [3.05, 3.63) is 52.1 Å². The first-order valence-corrected chi connectivity index (χ1v) is 14.9.